The lowest BCUT2D eigenvalue weighted by atomic mass is 10.1. The van der Waals surface area contributed by atoms with E-state index in [1.807, 2.05) is 43.3 Å². The van der Waals surface area contributed by atoms with E-state index in [9.17, 15) is 13.2 Å². The first kappa shape index (κ1) is 21.4. The maximum Gasteiger partial charge on any atom is 0.255 e. The van der Waals surface area contributed by atoms with E-state index in [-0.39, 0.29) is 16.8 Å². The number of carbonyl (C=O) groups excluding carboxylic acids is 1. The highest BCUT2D eigenvalue weighted by Crippen LogP contribution is 2.24. The van der Waals surface area contributed by atoms with Gasteiger partial charge >= 0.3 is 0 Å². The van der Waals surface area contributed by atoms with Crippen LogP contribution in [0.15, 0.2) is 90.2 Å². The van der Waals surface area contributed by atoms with Crippen molar-refractivity contribution >= 4 is 15.9 Å². The van der Waals surface area contributed by atoms with Crippen molar-refractivity contribution in [1.29, 1.82) is 0 Å². The fourth-order valence-electron chi connectivity index (χ4n) is 3.27. The van der Waals surface area contributed by atoms with Gasteiger partial charge in [0.2, 0.25) is 10.0 Å². The van der Waals surface area contributed by atoms with Crippen LogP contribution in [0, 0.1) is 0 Å². The molecule has 4 rings (SSSR count). The lowest BCUT2D eigenvalue weighted by Gasteiger charge is -2.14. The minimum atomic E-state index is -3.78. The van der Waals surface area contributed by atoms with Crippen LogP contribution in [-0.2, 0) is 10.0 Å². The number of nitrogens with one attached hydrogen (secondary N) is 1. The lowest BCUT2D eigenvalue weighted by Crippen LogP contribution is -2.27. The van der Waals surface area contributed by atoms with E-state index in [0.717, 1.165) is 16.8 Å². The molecule has 0 saturated heterocycles. The standard InChI is InChI=1S/C23H21N5O3S/c1-16(17-9-11-20(12-10-17)32(24,30)31)26-23(29)21-15-28(19-7-3-2-4-8-19)27-22(21)18-6-5-13-25-14-18/h2-16H,1H3,(H,26,29)(H2,24,30,31)/t16-/m1/s1. The van der Waals surface area contributed by atoms with Gasteiger partial charge in [-0.2, -0.15) is 5.10 Å². The lowest BCUT2D eigenvalue weighted by molar-refractivity contribution is 0.0940. The molecule has 0 fully saturated rings. The summed E-state index contributed by atoms with van der Waals surface area (Å²) in [5.41, 5.74) is 3.19. The fraction of sp³-hybridized carbons (Fsp3) is 0.0870. The Kier molecular flexibility index (Phi) is 5.85. The monoisotopic (exact) mass is 447 g/mol. The summed E-state index contributed by atoms with van der Waals surface area (Å²) in [4.78, 5) is 17.3. The maximum absolute atomic E-state index is 13.2. The number of nitrogens with zero attached hydrogens (tertiary/aromatic N) is 3. The van der Waals surface area contributed by atoms with Crippen LogP contribution in [0.5, 0.6) is 0 Å². The van der Waals surface area contributed by atoms with Crippen molar-refractivity contribution in [2.24, 2.45) is 5.14 Å². The number of para-hydroxylation sites is 1. The first-order valence-corrected chi connectivity index (χ1v) is 11.4. The Morgan fingerprint density at radius 2 is 1.75 bits per heavy atom. The average molecular weight is 448 g/mol. The molecule has 32 heavy (non-hydrogen) atoms. The molecule has 0 unspecified atom stereocenters. The summed E-state index contributed by atoms with van der Waals surface area (Å²) in [6.07, 6.45) is 5.00. The molecule has 162 valence electrons. The Balaban J connectivity index is 1.64. The molecule has 8 nitrogen and oxygen atoms in total. The zero-order valence-electron chi connectivity index (χ0n) is 17.2. The number of carbonyl (C=O) groups is 1. The molecule has 0 bridgehead atoms. The number of sulfonamides is 1. The Hall–Kier alpha value is -3.82. The molecule has 0 radical (unpaired) electrons. The molecular weight excluding hydrogens is 426 g/mol. The number of rotatable bonds is 6. The van der Waals surface area contributed by atoms with Crippen LogP contribution < -0.4 is 10.5 Å². The first-order chi connectivity index (χ1) is 15.3. The van der Waals surface area contributed by atoms with Crippen molar-refractivity contribution in [3.63, 3.8) is 0 Å². The number of pyridine rings is 1. The van der Waals surface area contributed by atoms with Crippen molar-refractivity contribution in [3.8, 4) is 16.9 Å². The third kappa shape index (κ3) is 4.58. The van der Waals surface area contributed by atoms with Gasteiger partial charge in [-0.3, -0.25) is 9.78 Å². The second kappa shape index (κ2) is 8.74. The van der Waals surface area contributed by atoms with Gasteiger partial charge in [-0.1, -0.05) is 30.3 Å². The highest BCUT2D eigenvalue weighted by Gasteiger charge is 2.21. The molecule has 0 saturated carbocycles. The van der Waals surface area contributed by atoms with Gasteiger partial charge < -0.3 is 5.32 Å². The van der Waals surface area contributed by atoms with Crippen LogP contribution >= 0.6 is 0 Å². The van der Waals surface area contributed by atoms with Crippen molar-refractivity contribution in [2.45, 2.75) is 17.9 Å². The number of nitrogens with two attached hydrogens (primary N) is 1. The highest BCUT2D eigenvalue weighted by atomic mass is 32.2. The molecule has 0 spiro atoms. The smallest absolute Gasteiger partial charge is 0.255 e. The van der Waals surface area contributed by atoms with Crippen molar-refractivity contribution < 1.29 is 13.2 Å². The van der Waals surface area contributed by atoms with Crippen molar-refractivity contribution in [2.75, 3.05) is 0 Å². The molecule has 0 aliphatic heterocycles. The topological polar surface area (TPSA) is 120 Å². The number of benzene rings is 2. The van der Waals surface area contributed by atoms with Gasteiger partial charge in [0.15, 0.2) is 0 Å². The second-order valence-electron chi connectivity index (χ2n) is 7.22. The predicted octanol–water partition coefficient (Wildman–Crippen LogP) is 3.07. The van der Waals surface area contributed by atoms with Crippen molar-refractivity contribution in [1.82, 2.24) is 20.1 Å². The van der Waals surface area contributed by atoms with Gasteiger partial charge in [-0.25, -0.2) is 18.2 Å². The van der Waals surface area contributed by atoms with Gasteiger partial charge in [0, 0.05) is 24.2 Å². The highest BCUT2D eigenvalue weighted by molar-refractivity contribution is 7.89. The Bertz CT molecular complexity index is 1340. The number of hydrogen-bond acceptors (Lipinski definition) is 5. The molecule has 4 aromatic rings. The van der Waals surface area contributed by atoms with Crippen LogP contribution in [-0.4, -0.2) is 29.1 Å². The summed E-state index contributed by atoms with van der Waals surface area (Å²) in [7, 11) is -3.78. The Morgan fingerprint density at radius 3 is 2.38 bits per heavy atom. The van der Waals surface area contributed by atoms with Crippen LogP contribution in [0.3, 0.4) is 0 Å². The summed E-state index contributed by atoms with van der Waals surface area (Å²) in [5.74, 6) is -0.311. The summed E-state index contributed by atoms with van der Waals surface area (Å²) >= 11 is 0. The zero-order valence-corrected chi connectivity index (χ0v) is 18.0. The number of aromatic nitrogens is 3. The van der Waals surface area contributed by atoms with Crippen LogP contribution in [0.1, 0.15) is 28.9 Å². The minimum Gasteiger partial charge on any atom is -0.345 e. The quantitative estimate of drug-likeness (QED) is 0.471. The molecule has 2 heterocycles. The van der Waals surface area contributed by atoms with E-state index in [1.165, 1.54) is 12.1 Å². The van der Waals surface area contributed by atoms with E-state index in [4.69, 9.17) is 5.14 Å². The molecule has 1 amide bonds. The third-order valence-electron chi connectivity index (χ3n) is 4.97. The molecule has 2 aromatic carbocycles. The van der Waals surface area contributed by atoms with Crippen LogP contribution in [0.2, 0.25) is 0 Å². The van der Waals surface area contributed by atoms with E-state index in [0.29, 0.717) is 11.3 Å². The third-order valence-corrected chi connectivity index (χ3v) is 5.90. The van der Waals surface area contributed by atoms with Gasteiger partial charge in [0.25, 0.3) is 5.91 Å². The first-order valence-electron chi connectivity index (χ1n) is 9.82. The molecular formula is C23H21N5O3S. The fourth-order valence-corrected chi connectivity index (χ4v) is 3.79. The Morgan fingerprint density at radius 1 is 1.03 bits per heavy atom. The van der Waals surface area contributed by atoms with E-state index in [1.54, 1.807) is 41.5 Å². The van der Waals surface area contributed by atoms with Crippen molar-refractivity contribution in [3.05, 3.63) is 96.4 Å². The van der Waals surface area contributed by atoms with E-state index < -0.39 is 10.0 Å². The average Bonchev–Trinajstić information content (AvgIpc) is 3.25. The van der Waals surface area contributed by atoms with Gasteiger partial charge in [0.1, 0.15) is 5.69 Å². The molecule has 1 atom stereocenters. The van der Waals surface area contributed by atoms with Gasteiger partial charge in [-0.15, -0.1) is 0 Å². The van der Waals surface area contributed by atoms with Crippen LogP contribution in [0.25, 0.3) is 16.9 Å². The predicted molar refractivity (Wildman–Crippen MR) is 120 cm³/mol. The number of primary sulfonamides is 1. The van der Waals surface area contributed by atoms with Gasteiger partial charge in [0.05, 0.1) is 22.2 Å². The summed E-state index contributed by atoms with van der Waals surface area (Å²) in [5, 5.41) is 12.7. The molecule has 9 heteroatoms. The number of hydrogen-bond donors (Lipinski definition) is 2. The molecule has 0 aliphatic rings. The maximum atomic E-state index is 13.2. The van der Waals surface area contributed by atoms with Crippen LogP contribution in [0.4, 0.5) is 0 Å². The largest absolute Gasteiger partial charge is 0.345 e. The zero-order chi connectivity index (χ0) is 22.7. The minimum absolute atomic E-state index is 0.0165. The van der Waals surface area contributed by atoms with Gasteiger partial charge in [-0.05, 0) is 48.9 Å². The summed E-state index contributed by atoms with van der Waals surface area (Å²) in [6.45, 7) is 1.81. The molecule has 3 N–H and O–H groups in total. The summed E-state index contributed by atoms with van der Waals surface area (Å²) in [6, 6.07) is 18.8. The summed E-state index contributed by atoms with van der Waals surface area (Å²) < 4.78 is 24.6. The molecule has 2 aromatic heterocycles. The number of amides is 1. The second-order valence-corrected chi connectivity index (χ2v) is 8.78. The van der Waals surface area contributed by atoms with E-state index >= 15 is 0 Å². The molecule has 0 aliphatic carbocycles. The normalized spacial score (nSPS) is 12.3. The van der Waals surface area contributed by atoms with E-state index in [2.05, 4.69) is 15.4 Å². The Labute approximate surface area is 185 Å². The SMILES string of the molecule is C[C@@H](NC(=O)c1cn(-c2ccccc2)nc1-c1cccnc1)c1ccc(S(N)(=O)=O)cc1.